The van der Waals surface area contributed by atoms with Crippen LogP contribution in [0.5, 0.6) is 0 Å². The first-order valence-corrected chi connectivity index (χ1v) is 13.7. The number of aromatic nitrogens is 2. The molecule has 3 N–H and O–H groups in total. The monoisotopic (exact) mass is 499 g/mol. The summed E-state index contributed by atoms with van der Waals surface area (Å²) >= 11 is 0. The largest absolute Gasteiger partial charge is 0.387 e. The summed E-state index contributed by atoms with van der Waals surface area (Å²) in [4.78, 5) is 22.4. The zero-order valence-corrected chi connectivity index (χ0v) is 22.8. The van der Waals surface area contributed by atoms with Crippen LogP contribution in [0.1, 0.15) is 68.7 Å². The topological polar surface area (TPSA) is 78.9 Å². The maximum absolute atomic E-state index is 13.2. The third-order valence-electron chi connectivity index (χ3n) is 7.21. The van der Waals surface area contributed by atoms with Crippen LogP contribution in [0.2, 0.25) is 0 Å². The zero-order valence-electron chi connectivity index (χ0n) is 22.8. The predicted octanol–water partition coefficient (Wildman–Crippen LogP) is 6.15. The van der Waals surface area contributed by atoms with Gasteiger partial charge >= 0.3 is 0 Å². The average molecular weight is 500 g/mol. The normalized spacial score (nSPS) is 17.2. The lowest BCUT2D eigenvalue weighted by Gasteiger charge is -2.26. The molecule has 0 unspecified atom stereocenters. The molecule has 1 aliphatic rings. The Morgan fingerprint density at radius 3 is 2.73 bits per heavy atom. The maximum Gasteiger partial charge on any atom is 0.225 e. The Bertz CT molecular complexity index is 1270. The van der Waals surface area contributed by atoms with E-state index in [0.29, 0.717) is 0 Å². The van der Waals surface area contributed by atoms with E-state index in [0.717, 1.165) is 71.5 Å². The summed E-state index contributed by atoms with van der Waals surface area (Å²) in [5.41, 5.74) is 7.55. The Balaban J connectivity index is 1.77. The number of unbranched alkanes of at least 4 members (excludes halogenated alkanes) is 1. The summed E-state index contributed by atoms with van der Waals surface area (Å²) < 4.78 is 0. The van der Waals surface area contributed by atoms with Gasteiger partial charge in [-0.1, -0.05) is 45.9 Å². The van der Waals surface area contributed by atoms with Crippen LogP contribution in [0, 0.1) is 12.8 Å². The minimum absolute atomic E-state index is 0.0201. The molecule has 2 bridgehead atoms. The molecule has 0 spiro atoms. The summed E-state index contributed by atoms with van der Waals surface area (Å²) in [6.07, 6.45) is 8.41. The van der Waals surface area contributed by atoms with Gasteiger partial charge in [0, 0.05) is 23.3 Å². The number of hydrogen-bond donors (Lipinski definition) is 3. The lowest BCUT2D eigenvalue weighted by molar-refractivity contribution is -0.121. The van der Waals surface area contributed by atoms with Crippen LogP contribution >= 0.6 is 0 Å². The maximum atomic E-state index is 13.2. The fourth-order valence-electron chi connectivity index (χ4n) is 5.06. The van der Waals surface area contributed by atoms with Crippen LogP contribution in [-0.2, 0) is 24.1 Å². The number of nitrogens with one attached hydrogen (secondary N) is 3. The van der Waals surface area contributed by atoms with Gasteiger partial charge in [-0.2, -0.15) is 0 Å². The van der Waals surface area contributed by atoms with Crippen molar-refractivity contribution >= 4 is 28.3 Å². The van der Waals surface area contributed by atoms with E-state index in [1.807, 2.05) is 12.1 Å². The van der Waals surface area contributed by atoms with Crippen molar-refractivity contribution in [2.75, 3.05) is 11.9 Å². The van der Waals surface area contributed by atoms with Crippen molar-refractivity contribution in [3.8, 4) is 0 Å². The van der Waals surface area contributed by atoms with E-state index < -0.39 is 0 Å². The van der Waals surface area contributed by atoms with Gasteiger partial charge in [-0.3, -0.25) is 4.79 Å². The van der Waals surface area contributed by atoms with E-state index >= 15 is 0 Å². The van der Waals surface area contributed by atoms with Gasteiger partial charge in [0.1, 0.15) is 12.1 Å². The third-order valence-corrected chi connectivity index (χ3v) is 7.21. The number of rotatable bonds is 4. The van der Waals surface area contributed by atoms with Gasteiger partial charge in [0.2, 0.25) is 5.91 Å². The van der Waals surface area contributed by atoms with E-state index in [2.05, 4.69) is 78.4 Å². The second-order valence-electron chi connectivity index (χ2n) is 10.6. The molecule has 6 nitrogen and oxygen atoms in total. The Labute approximate surface area is 221 Å². The smallest absolute Gasteiger partial charge is 0.225 e. The fourth-order valence-corrected chi connectivity index (χ4v) is 5.06. The van der Waals surface area contributed by atoms with Gasteiger partial charge in [0.05, 0.1) is 18.0 Å². The van der Waals surface area contributed by atoms with Gasteiger partial charge in [0.25, 0.3) is 0 Å². The molecule has 0 radical (unpaired) electrons. The SMILES string of the molecule is C=C1NCCCCc2cc3c(ncnc3cc2CCCC)Nc2cc(C)ccc2CC(=O)N[C@@H]1C(C)C. The second-order valence-corrected chi connectivity index (χ2v) is 10.6. The summed E-state index contributed by atoms with van der Waals surface area (Å²) in [7, 11) is 0. The highest BCUT2D eigenvalue weighted by molar-refractivity contribution is 5.92. The number of hydrogen-bond acceptors (Lipinski definition) is 5. The van der Waals surface area contributed by atoms with E-state index in [9.17, 15) is 4.79 Å². The molecule has 1 atom stereocenters. The Morgan fingerprint density at radius 2 is 1.95 bits per heavy atom. The molecule has 6 heteroatoms. The second kappa shape index (κ2) is 12.2. The van der Waals surface area contributed by atoms with Crippen LogP contribution < -0.4 is 16.0 Å². The molecule has 2 aromatic carbocycles. The Morgan fingerprint density at radius 1 is 1.11 bits per heavy atom. The van der Waals surface area contributed by atoms with Gasteiger partial charge in [0.15, 0.2) is 0 Å². The zero-order chi connectivity index (χ0) is 26.4. The van der Waals surface area contributed by atoms with E-state index in [1.165, 1.54) is 24.0 Å². The molecule has 0 saturated carbocycles. The molecule has 3 aromatic rings. The average Bonchev–Trinajstić information content (AvgIpc) is 2.87. The molecule has 1 aliphatic heterocycles. The van der Waals surface area contributed by atoms with Crippen molar-refractivity contribution in [1.82, 2.24) is 20.6 Å². The molecule has 4 rings (SSSR count). The summed E-state index contributed by atoms with van der Waals surface area (Å²) in [6.45, 7) is 13.6. The molecule has 1 aromatic heterocycles. The first-order valence-electron chi connectivity index (χ1n) is 13.7. The number of carbonyl (C=O) groups excluding carboxylic acids is 1. The first-order chi connectivity index (χ1) is 17.9. The number of amides is 1. The molecular weight excluding hydrogens is 458 g/mol. The van der Waals surface area contributed by atoms with Crippen LogP contribution in [0.15, 0.2) is 48.9 Å². The minimum Gasteiger partial charge on any atom is -0.387 e. The fraction of sp³-hybridized carbons (Fsp3) is 0.452. The Hall–Kier alpha value is -3.41. The van der Waals surface area contributed by atoms with Gasteiger partial charge in [-0.05, 0) is 85.4 Å². The van der Waals surface area contributed by atoms with E-state index in [-0.39, 0.29) is 24.3 Å². The number of nitrogens with zero attached hydrogens (tertiary/aromatic N) is 2. The van der Waals surface area contributed by atoms with Crippen LogP contribution in [0.4, 0.5) is 11.5 Å². The minimum atomic E-state index is -0.123. The molecule has 2 heterocycles. The predicted molar refractivity (Wildman–Crippen MR) is 153 cm³/mol. The van der Waals surface area contributed by atoms with Crippen molar-refractivity contribution in [2.45, 2.75) is 78.7 Å². The standard InChI is InChI=1S/C31H41N5O/c1-6-7-10-24-17-28-26-16-23(24)11-8-9-14-32-22(5)30(20(2)3)36-29(37)18-25-13-12-21(4)15-27(25)35-31(26)34-19-33-28/h12-13,15-17,19-20,30,32H,5-11,14,18H2,1-4H3,(H,36,37)(H,33,34,35)/t30-/m1/s1. The quantitative estimate of drug-likeness (QED) is 0.401. The number of carbonyl (C=O) groups is 1. The van der Waals surface area contributed by atoms with Crippen molar-refractivity contribution in [3.63, 3.8) is 0 Å². The number of fused-ring (bicyclic) bond motifs is 2. The summed E-state index contributed by atoms with van der Waals surface area (Å²) in [5.74, 6) is 0.992. The lowest BCUT2D eigenvalue weighted by atomic mass is 9.95. The molecule has 1 amide bonds. The highest BCUT2D eigenvalue weighted by Gasteiger charge is 2.21. The molecule has 0 aliphatic carbocycles. The molecular formula is C31H41N5O. The highest BCUT2D eigenvalue weighted by Crippen LogP contribution is 2.30. The van der Waals surface area contributed by atoms with Gasteiger partial charge < -0.3 is 16.0 Å². The third kappa shape index (κ3) is 6.68. The summed E-state index contributed by atoms with van der Waals surface area (Å²) in [5, 5.41) is 11.3. The number of benzene rings is 2. The van der Waals surface area contributed by atoms with Crippen molar-refractivity contribution in [2.24, 2.45) is 5.92 Å². The molecule has 37 heavy (non-hydrogen) atoms. The van der Waals surface area contributed by atoms with Gasteiger partial charge in [-0.15, -0.1) is 0 Å². The molecule has 0 saturated heterocycles. The summed E-state index contributed by atoms with van der Waals surface area (Å²) in [6, 6.07) is 10.6. The van der Waals surface area contributed by atoms with E-state index in [4.69, 9.17) is 0 Å². The van der Waals surface area contributed by atoms with E-state index in [1.54, 1.807) is 6.33 Å². The van der Waals surface area contributed by atoms with Crippen LogP contribution in [0.25, 0.3) is 10.9 Å². The number of aryl methyl sites for hydroxylation is 3. The molecule has 196 valence electrons. The van der Waals surface area contributed by atoms with Crippen LogP contribution in [-0.4, -0.2) is 28.5 Å². The Kier molecular flexibility index (Phi) is 8.80. The lowest BCUT2D eigenvalue weighted by Crippen LogP contribution is -2.44. The van der Waals surface area contributed by atoms with Crippen molar-refractivity contribution in [1.29, 1.82) is 0 Å². The molecule has 0 fully saturated rings. The first kappa shape index (κ1) is 26.6. The van der Waals surface area contributed by atoms with Gasteiger partial charge in [-0.25, -0.2) is 9.97 Å². The highest BCUT2D eigenvalue weighted by atomic mass is 16.1. The van der Waals surface area contributed by atoms with Crippen LogP contribution in [0.3, 0.4) is 0 Å². The number of anilines is 2. The van der Waals surface area contributed by atoms with Crippen molar-refractivity contribution in [3.05, 3.63) is 71.2 Å². The van der Waals surface area contributed by atoms with Crippen molar-refractivity contribution < 1.29 is 4.79 Å².